The van der Waals surface area contributed by atoms with Crippen molar-refractivity contribution in [1.29, 1.82) is 0 Å². The Morgan fingerprint density at radius 3 is 2.46 bits per heavy atom. The highest BCUT2D eigenvalue weighted by Gasteiger charge is 2.22. The Hall–Kier alpha value is -0.0800. The predicted octanol–water partition coefficient (Wildman–Crippen LogP) is 1.89. The summed E-state index contributed by atoms with van der Waals surface area (Å²) in [7, 11) is 0. The lowest BCUT2D eigenvalue weighted by Gasteiger charge is -2.28. The first-order chi connectivity index (χ1) is 6.20. The molecule has 0 amide bonds. The van der Waals surface area contributed by atoms with Crippen LogP contribution in [0.2, 0.25) is 0 Å². The first-order valence-electron chi connectivity index (χ1n) is 5.63. The second-order valence-electron chi connectivity index (χ2n) is 4.73. The molecule has 1 atom stereocenters. The van der Waals surface area contributed by atoms with Gasteiger partial charge in [-0.1, -0.05) is 26.7 Å². The first kappa shape index (κ1) is 11.0. The van der Waals surface area contributed by atoms with Gasteiger partial charge in [-0.15, -0.1) is 0 Å². The molecule has 0 aromatic carbocycles. The molecule has 0 heterocycles. The molecule has 0 saturated heterocycles. The van der Waals surface area contributed by atoms with Crippen molar-refractivity contribution >= 4 is 0 Å². The molecule has 2 nitrogen and oxygen atoms in total. The summed E-state index contributed by atoms with van der Waals surface area (Å²) in [5.74, 6) is 0. The number of rotatable bonds is 5. The lowest BCUT2D eigenvalue weighted by Crippen LogP contribution is -2.41. The number of nitrogens with one attached hydrogen (secondary N) is 1. The van der Waals surface area contributed by atoms with E-state index >= 15 is 0 Å². The van der Waals surface area contributed by atoms with Gasteiger partial charge in [0.2, 0.25) is 0 Å². The van der Waals surface area contributed by atoms with E-state index in [0.717, 1.165) is 19.1 Å². The second kappa shape index (κ2) is 4.97. The van der Waals surface area contributed by atoms with E-state index in [1.807, 2.05) is 0 Å². The molecule has 0 radical (unpaired) electrons. The van der Waals surface area contributed by atoms with Crippen LogP contribution < -0.4 is 11.1 Å². The lowest BCUT2D eigenvalue weighted by atomic mass is 9.87. The Balaban J connectivity index is 2.22. The Morgan fingerprint density at radius 2 is 2.00 bits per heavy atom. The van der Waals surface area contributed by atoms with E-state index < -0.39 is 0 Å². The molecule has 0 aromatic rings. The number of hydrogen-bond acceptors (Lipinski definition) is 2. The van der Waals surface area contributed by atoms with Gasteiger partial charge in [-0.2, -0.15) is 0 Å². The molecular formula is C11H24N2. The van der Waals surface area contributed by atoms with E-state index in [1.54, 1.807) is 0 Å². The van der Waals surface area contributed by atoms with Gasteiger partial charge in [0.25, 0.3) is 0 Å². The average Bonchev–Trinajstić information content (AvgIpc) is 2.67. The van der Waals surface area contributed by atoms with E-state index in [1.165, 1.54) is 32.1 Å². The minimum absolute atomic E-state index is 0.308. The van der Waals surface area contributed by atoms with Crippen molar-refractivity contribution in [2.24, 2.45) is 11.1 Å². The highest BCUT2D eigenvalue weighted by atomic mass is 14.9. The van der Waals surface area contributed by atoms with Crippen molar-refractivity contribution in [1.82, 2.24) is 5.32 Å². The topological polar surface area (TPSA) is 38.0 Å². The molecule has 0 aromatic heterocycles. The molecule has 13 heavy (non-hydrogen) atoms. The molecular weight excluding hydrogens is 160 g/mol. The van der Waals surface area contributed by atoms with Crippen molar-refractivity contribution in [2.45, 2.75) is 52.0 Å². The quantitative estimate of drug-likeness (QED) is 0.685. The molecule has 1 unspecified atom stereocenters. The number of nitrogens with two attached hydrogens (primary N) is 1. The minimum Gasteiger partial charge on any atom is -0.330 e. The van der Waals surface area contributed by atoms with Crippen LogP contribution in [0.15, 0.2) is 0 Å². The minimum atomic E-state index is 0.308. The average molecular weight is 184 g/mol. The van der Waals surface area contributed by atoms with Crippen LogP contribution in [-0.2, 0) is 0 Å². The first-order valence-corrected chi connectivity index (χ1v) is 5.63. The summed E-state index contributed by atoms with van der Waals surface area (Å²) in [6, 6.07) is 0.775. The maximum atomic E-state index is 5.76. The molecule has 0 spiro atoms. The van der Waals surface area contributed by atoms with Crippen molar-refractivity contribution < 1.29 is 0 Å². The summed E-state index contributed by atoms with van der Waals surface area (Å²) >= 11 is 0. The van der Waals surface area contributed by atoms with Crippen LogP contribution in [0.25, 0.3) is 0 Å². The van der Waals surface area contributed by atoms with E-state index in [9.17, 15) is 0 Å². The molecule has 1 aliphatic carbocycles. The van der Waals surface area contributed by atoms with E-state index in [2.05, 4.69) is 19.2 Å². The SMILES string of the molecule is CCC(C)(CN)CNC1CCCC1. The lowest BCUT2D eigenvalue weighted by molar-refractivity contribution is 0.287. The van der Waals surface area contributed by atoms with Crippen LogP contribution in [0.1, 0.15) is 46.0 Å². The highest BCUT2D eigenvalue weighted by molar-refractivity contribution is 4.81. The largest absolute Gasteiger partial charge is 0.330 e. The van der Waals surface area contributed by atoms with Crippen LogP contribution >= 0.6 is 0 Å². The summed E-state index contributed by atoms with van der Waals surface area (Å²) in [6.45, 7) is 6.38. The predicted molar refractivity (Wildman–Crippen MR) is 57.7 cm³/mol. The van der Waals surface area contributed by atoms with Crippen molar-refractivity contribution in [3.05, 3.63) is 0 Å². The summed E-state index contributed by atoms with van der Waals surface area (Å²) in [5, 5.41) is 3.64. The maximum absolute atomic E-state index is 5.76. The fraction of sp³-hybridized carbons (Fsp3) is 1.00. The zero-order chi connectivity index (χ0) is 9.73. The molecule has 1 fully saturated rings. The second-order valence-corrected chi connectivity index (χ2v) is 4.73. The van der Waals surface area contributed by atoms with Gasteiger partial charge < -0.3 is 11.1 Å². The van der Waals surface area contributed by atoms with E-state index in [-0.39, 0.29) is 0 Å². The molecule has 0 bridgehead atoms. The third-order valence-corrected chi connectivity index (χ3v) is 3.52. The van der Waals surface area contributed by atoms with E-state index in [0.29, 0.717) is 5.41 Å². The molecule has 3 N–H and O–H groups in total. The van der Waals surface area contributed by atoms with Gasteiger partial charge in [-0.3, -0.25) is 0 Å². The van der Waals surface area contributed by atoms with Crippen molar-refractivity contribution in [3.8, 4) is 0 Å². The monoisotopic (exact) mass is 184 g/mol. The van der Waals surface area contributed by atoms with Gasteiger partial charge in [0, 0.05) is 12.6 Å². The van der Waals surface area contributed by atoms with Crippen LogP contribution in [-0.4, -0.2) is 19.1 Å². The molecule has 0 aliphatic heterocycles. The van der Waals surface area contributed by atoms with Crippen molar-refractivity contribution in [3.63, 3.8) is 0 Å². The third-order valence-electron chi connectivity index (χ3n) is 3.52. The van der Waals surface area contributed by atoms with Crippen LogP contribution in [0.5, 0.6) is 0 Å². The highest BCUT2D eigenvalue weighted by Crippen LogP contribution is 2.21. The van der Waals surface area contributed by atoms with Crippen LogP contribution in [0, 0.1) is 5.41 Å². The fourth-order valence-electron chi connectivity index (χ4n) is 1.86. The van der Waals surface area contributed by atoms with Crippen LogP contribution in [0.3, 0.4) is 0 Å². The fourth-order valence-corrected chi connectivity index (χ4v) is 1.86. The molecule has 78 valence electrons. The Morgan fingerprint density at radius 1 is 1.38 bits per heavy atom. The summed E-state index contributed by atoms with van der Waals surface area (Å²) in [5.41, 5.74) is 6.07. The molecule has 2 heteroatoms. The normalized spacial score (nSPS) is 23.3. The van der Waals surface area contributed by atoms with Gasteiger partial charge in [0.05, 0.1) is 0 Å². The Kier molecular flexibility index (Phi) is 4.20. The van der Waals surface area contributed by atoms with Gasteiger partial charge in [0.1, 0.15) is 0 Å². The molecule has 1 aliphatic rings. The van der Waals surface area contributed by atoms with Crippen molar-refractivity contribution in [2.75, 3.05) is 13.1 Å². The van der Waals surface area contributed by atoms with E-state index in [4.69, 9.17) is 5.73 Å². The summed E-state index contributed by atoms with van der Waals surface area (Å²) in [6.07, 6.45) is 6.71. The summed E-state index contributed by atoms with van der Waals surface area (Å²) in [4.78, 5) is 0. The maximum Gasteiger partial charge on any atom is 0.00673 e. The van der Waals surface area contributed by atoms with Gasteiger partial charge in [-0.05, 0) is 31.2 Å². The standard InChI is InChI=1S/C11H24N2/c1-3-11(2,8-12)9-13-10-6-4-5-7-10/h10,13H,3-9,12H2,1-2H3. The Bertz CT molecular complexity index is 135. The molecule has 1 rings (SSSR count). The smallest absolute Gasteiger partial charge is 0.00673 e. The zero-order valence-electron chi connectivity index (χ0n) is 9.10. The number of hydrogen-bond donors (Lipinski definition) is 2. The molecule has 1 saturated carbocycles. The van der Waals surface area contributed by atoms with Crippen LogP contribution in [0.4, 0.5) is 0 Å². The summed E-state index contributed by atoms with van der Waals surface area (Å²) < 4.78 is 0. The Labute approximate surface area is 82.3 Å². The van der Waals surface area contributed by atoms with Gasteiger partial charge in [-0.25, -0.2) is 0 Å². The van der Waals surface area contributed by atoms with Gasteiger partial charge in [0.15, 0.2) is 0 Å². The van der Waals surface area contributed by atoms with Gasteiger partial charge >= 0.3 is 0 Å². The zero-order valence-corrected chi connectivity index (χ0v) is 9.10. The third kappa shape index (κ3) is 3.28.